The molecule has 2 rings (SSSR count). The van der Waals surface area contributed by atoms with Crippen LogP contribution in [0.4, 0.5) is 5.69 Å². The van der Waals surface area contributed by atoms with E-state index < -0.39 is 28.3 Å². The zero-order chi connectivity index (χ0) is 19.5. The van der Waals surface area contributed by atoms with Crippen LogP contribution in [0.3, 0.4) is 0 Å². The number of nitrogens with zero attached hydrogens (tertiary/aromatic N) is 1. The first kappa shape index (κ1) is 19.8. The monoisotopic (exact) mass is 364 g/mol. The molecule has 1 saturated heterocycles. The van der Waals surface area contributed by atoms with Gasteiger partial charge in [0.15, 0.2) is 0 Å². The molecule has 1 aromatic rings. The molecule has 1 aromatic carbocycles. The third-order valence-corrected chi connectivity index (χ3v) is 4.48. The molecule has 0 aromatic heterocycles. The van der Waals surface area contributed by atoms with Gasteiger partial charge in [0, 0.05) is 29.7 Å². The molecular formula is C18H24N2O6. The first-order chi connectivity index (χ1) is 12.1. The molecule has 0 aliphatic carbocycles. The molecule has 0 bridgehead atoms. The molecule has 1 amide bonds. The van der Waals surface area contributed by atoms with Crippen molar-refractivity contribution < 1.29 is 24.4 Å². The van der Waals surface area contributed by atoms with Crippen LogP contribution < -0.4 is 5.32 Å². The Labute approximate surface area is 151 Å². The van der Waals surface area contributed by atoms with E-state index in [0.29, 0.717) is 18.6 Å². The van der Waals surface area contributed by atoms with E-state index in [1.165, 1.54) is 12.1 Å². The number of carboxylic acid groups (broad SMARTS) is 1. The first-order valence-corrected chi connectivity index (χ1v) is 8.51. The minimum absolute atomic E-state index is 0.0627. The second-order valence-corrected chi connectivity index (χ2v) is 7.51. The van der Waals surface area contributed by atoms with Crippen molar-refractivity contribution in [1.29, 1.82) is 0 Å². The third-order valence-electron chi connectivity index (χ3n) is 4.48. The number of benzene rings is 1. The maximum atomic E-state index is 12.5. The van der Waals surface area contributed by atoms with Gasteiger partial charge in [-0.3, -0.25) is 14.9 Å². The second-order valence-electron chi connectivity index (χ2n) is 7.51. The van der Waals surface area contributed by atoms with Gasteiger partial charge < -0.3 is 15.2 Å². The standard InChI is InChI=1S/C18H24N2O6/c1-18(2,3)13-7-6-11(9-14(13)20(24)25)16(21)19-15(17(22)23)12-5-4-8-26-10-12/h6-7,9,12,15H,4-5,8,10H2,1-3H3,(H,19,21)(H,22,23). The molecule has 8 heteroatoms. The third kappa shape index (κ3) is 4.57. The number of hydrogen-bond acceptors (Lipinski definition) is 5. The topological polar surface area (TPSA) is 119 Å². The van der Waals surface area contributed by atoms with Crippen LogP contribution >= 0.6 is 0 Å². The van der Waals surface area contributed by atoms with Crippen molar-refractivity contribution in [2.45, 2.75) is 45.1 Å². The summed E-state index contributed by atoms with van der Waals surface area (Å²) in [5.74, 6) is -2.12. The quantitative estimate of drug-likeness (QED) is 0.612. The summed E-state index contributed by atoms with van der Waals surface area (Å²) in [6.45, 7) is 6.38. The number of nitro benzene ring substituents is 1. The Morgan fingerprint density at radius 1 is 1.38 bits per heavy atom. The van der Waals surface area contributed by atoms with Crippen LogP contribution in [-0.2, 0) is 14.9 Å². The fraction of sp³-hybridized carbons (Fsp3) is 0.556. The molecule has 1 heterocycles. The number of nitro groups is 1. The number of carboxylic acids is 1. The predicted octanol–water partition coefficient (Wildman–Crippen LogP) is 2.50. The Morgan fingerprint density at radius 3 is 2.58 bits per heavy atom. The summed E-state index contributed by atoms with van der Waals surface area (Å²) in [6.07, 6.45) is 1.37. The molecule has 2 unspecified atom stereocenters. The van der Waals surface area contributed by atoms with Crippen molar-refractivity contribution in [2.75, 3.05) is 13.2 Å². The number of ether oxygens (including phenoxy) is 1. The lowest BCUT2D eigenvalue weighted by molar-refractivity contribution is -0.386. The molecule has 8 nitrogen and oxygen atoms in total. The van der Waals surface area contributed by atoms with Crippen molar-refractivity contribution in [1.82, 2.24) is 5.32 Å². The molecule has 2 N–H and O–H groups in total. The van der Waals surface area contributed by atoms with Gasteiger partial charge in [0.05, 0.1) is 11.5 Å². The Balaban J connectivity index is 2.26. The number of aliphatic carboxylic acids is 1. The molecule has 0 saturated carbocycles. The Hall–Kier alpha value is -2.48. The van der Waals surface area contributed by atoms with E-state index in [0.717, 1.165) is 6.42 Å². The molecule has 0 spiro atoms. The normalized spacial score (nSPS) is 18.8. The summed E-state index contributed by atoms with van der Waals surface area (Å²) in [7, 11) is 0. The Bertz CT molecular complexity index is 704. The van der Waals surface area contributed by atoms with Crippen LogP contribution in [0.2, 0.25) is 0 Å². The fourth-order valence-corrected chi connectivity index (χ4v) is 3.09. The highest BCUT2D eigenvalue weighted by molar-refractivity contribution is 5.97. The molecule has 26 heavy (non-hydrogen) atoms. The zero-order valence-corrected chi connectivity index (χ0v) is 15.2. The smallest absolute Gasteiger partial charge is 0.326 e. The van der Waals surface area contributed by atoms with Gasteiger partial charge in [-0.05, 0) is 24.3 Å². The van der Waals surface area contributed by atoms with Gasteiger partial charge in [-0.1, -0.05) is 26.8 Å². The first-order valence-electron chi connectivity index (χ1n) is 8.51. The van der Waals surface area contributed by atoms with E-state index in [-0.39, 0.29) is 23.8 Å². The maximum Gasteiger partial charge on any atom is 0.326 e. The largest absolute Gasteiger partial charge is 0.480 e. The number of rotatable bonds is 5. The number of carbonyl (C=O) groups excluding carboxylic acids is 1. The molecule has 142 valence electrons. The van der Waals surface area contributed by atoms with Gasteiger partial charge in [-0.25, -0.2) is 4.79 Å². The lowest BCUT2D eigenvalue weighted by atomic mass is 9.85. The highest BCUT2D eigenvalue weighted by atomic mass is 16.6. The van der Waals surface area contributed by atoms with E-state index in [9.17, 15) is 24.8 Å². The summed E-state index contributed by atoms with van der Waals surface area (Å²) in [4.78, 5) is 34.9. The van der Waals surface area contributed by atoms with Crippen molar-refractivity contribution in [2.24, 2.45) is 5.92 Å². The van der Waals surface area contributed by atoms with E-state index in [4.69, 9.17) is 4.74 Å². The average molecular weight is 364 g/mol. The molecular weight excluding hydrogens is 340 g/mol. The van der Waals surface area contributed by atoms with E-state index in [1.54, 1.807) is 6.07 Å². The molecule has 0 radical (unpaired) electrons. The second kappa shape index (κ2) is 7.82. The van der Waals surface area contributed by atoms with Gasteiger partial charge in [-0.15, -0.1) is 0 Å². The van der Waals surface area contributed by atoms with Crippen LogP contribution in [0.15, 0.2) is 18.2 Å². The van der Waals surface area contributed by atoms with Crippen LogP contribution in [-0.4, -0.2) is 41.2 Å². The van der Waals surface area contributed by atoms with Gasteiger partial charge in [0.2, 0.25) is 0 Å². The fourth-order valence-electron chi connectivity index (χ4n) is 3.09. The molecule has 1 fully saturated rings. The SMILES string of the molecule is CC(C)(C)c1ccc(C(=O)NC(C(=O)O)C2CCCOC2)cc1[N+](=O)[O-]. The van der Waals surface area contributed by atoms with Crippen LogP contribution in [0, 0.1) is 16.0 Å². The summed E-state index contributed by atoms with van der Waals surface area (Å²) in [5.41, 5.74) is -0.0410. The highest BCUT2D eigenvalue weighted by Gasteiger charge is 2.32. The van der Waals surface area contributed by atoms with E-state index >= 15 is 0 Å². The average Bonchev–Trinajstić information content (AvgIpc) is 2.58. The summed E-state index contributed by atoms with van der Waals surface area (Å²) in [5, 5.41) is 23.3. The van der Waals surface area contributed by atoms with Crippen molar-refractivity contribution in [3.63, 3.8) is 0 Å². The Kier molecular flexibility index (Phi) is 5.97. The minimum Gasteiger partial charge on any atom is -0.480 e. The van der Waals surface area contributed by atoms with Crippen LogP contribution in [0.1, 0.15) is 49.5 Å². The summed E-state index contributed by atoms with van der Waals surface area (Å²) in [6, 6.07) is 3.14. The zero-order valence-electron chi connectivity index (χ0n) is 15.2. The number of carbonyl (C=O) groups is 2. The molecule has 1 aliphatic rings. The Morgan fingerprint density at radius 2 is 2.08 bits per heavy atom. The minimum atomic E-state index is -1.14. The predicted molar refractivity (Wildman–Crippen MR) is 94.2 cm³/mol. The summed E-state index contributed by atoms with van der Waals surface area (Å²) >= 11 is 0. The lowest BCUT2D eigenvalue weighted by Crippen LogP contribution is -2.48. The maximum absolute atomic E-state index is 12.5. The molecule has 2 atom stereocenters. The van der Waals surface area contributed by atoms with Crippen molar-refractivity contribution in [3.8, 4) is 0 Å². The van der Waals surface area contributed by atoms with E-state index in [1.807, 2.05) is 20.8 Å². The van der Waals surface area contributed by atoms with E-state index in [2.05, 4.69) is 5.32 Å². The highest BCUT2D eigenvalue weighted by Crippen LogP contribution is 2.32. The number of nitrogens with one attached hydrogen (secondary N) is 1. The number of amides is 1. The molecule has 1 aliphatic heterocycles. The number of hydrogen-bond donors (Lipinski definition) is 2. The van der Waals surface area contributed by atoms with Crippen molar-refractivity contribution in [3.05, 3.63) is 39.4 Å². The summed E-state index contributed by atoms with van der Waals surface area (Å²) < 4.78 is 5.30. The van der Waals surface area contributed by atoms with Crippen molar-refractivity contribution >= 4 is 17.6 Å². The van der Waals surface area contributed by atoms with Gasteiger partial charge >= 0.3 is 5.97 Å². The van der Waals surface area contributed by atoms with Crippen LogP contribution in [0.5, 0.6) is 0 Å². The van der Waals surface area contributed by atoms with Crippen LogP contribution in [0.25, 0.3) is 0 Å². The lowest BCUT2D eigenvalue weighted by Gasteiger charge is -2.28. The van der Waals surface area contributed by atoms with Gasteiger partial charge in [0.25, 0.3) is 11.6 Å². The van der Waals surface area contributed by atoms with Gasteiger partial charge in [-0.2, -0.15) is 0 Å². The van der Waals surface area contributed by atoms with Gasteiger partial charge in [0.1, 0.15) is 6.04 Å².